The predicted octanol–water partition coefficient (Wildman–Crippen LogP) is 5.13. The Hall–Kier alpha value is -3.33. The highest BCUT2D eigenvalue weighted by molar-refractivity contribution is 7.15. The molecule has 4 rings (SSSR count). The van der Waals surface area contributed by atoms with Crippen LogP contribution in [0.15, 0.2) is 60.1 Å². The van der Waals surface area contributed by atoms with Crippen molar-refractivity contribution in [1.29, 1.82) is 0 Å². The van der Waals surface area contributed by atoms with E-state index >= 15 is 0 Å². The van der Waals surface area contributed by atoms with Gasteiger partial charge in [-0.1, -0.05) is 35.9 Å². The van der Waals surface area contributed by atoms with Crippen molar-refractivity contribution in [2.45, 2.75) is 19.5 Å². The van der Waals surface area contributed by atoms with Crippen molar-refractivity contribution in [3.05, 3.63) is 76.9 Å². The number of aryl methyl sites for hydroxylation is 1. The molecule has 0 aliphatic rings. The molecule has 0 spiro atoms. The first-order valence-electron chi connectivity index (χ1n) is 9.89. The normalized spacial score (nSPS) is 11.6. The van der Waals surface area contributed by atoms with Gasteiger partial charge in [-0.15, -0.1) is 11.3 Å². The average molecular weight is 459 g/mol. The highest BCUT2D eigenvalue weighted by Gasteiger charge is 2.30. The minimum absolute atomic E-state index is 0.0642. The molecule has 0 atom stereocenters. The number of amides is 1. The Bertz CT molecular complexity index is 1230. The summed E-state index contributed by atoms with van der Waals surface area (Å²) in [5.74, 6) is -0.0985. The molecule has 1 amide bonds. The Morgan fingerprint density at radius 2 is 1.97 bits per heavy atom. The molecule has 166 valence electrons. The number of rotatable bonds is 7. The van der Waals surface area contributed by atoms with Crippen molar-refractivity contribution in [1.82, 2.24) is 14.7 Å². The van der Waals surface area contributed by atoms with E-state index in [1.165, 1.54) is 29.0 Å². The molecule has 32 heavy (non-hydrogen) atoms. The van der Waals surface area contributed by atoms with E-state index in [2.05, 4.69) is 10.3 Å². The summed E-state index contributed by atoms with van der Waals surface area (Å²) >= 11 is 1.46. The molecule has 0 fully saturated rings. The predicted molar refractivity (Wildman–Crippen MR) is 117 cm³/mol. The number of hydrogen-bond donors (Lipinski definition) is 1. The van der Waals surface area contributed by atoms with E-state index in [-0.39, 0.29) is 31.2 Å². The molecule has 0 bridgehead atoms. The number of alkyl halides is 3. The van der Waals surface area contributed by atoms with Crippen molar-refractivity contribution in [3.63, 3.8) is 0 Å². The zero-order valence-electron chi connectivity index (χ0n) is 17.1. The number of fused-ring (bicyclic) bond motifs is 1. The summed E-state index contributed by atoms with van der Waals surface area (Å²) in [5.41, 5.74) is 3.06. The second-order valence-corrected chi connectivity index (χ2v) is 8.11. The number of benzene rings is 2. The number of hydrogen-bond acceptors (Lipinski definition) is 4. The summed E-state index contributed by atoms with van der Waals surface area (Å²) < 4.78 is 45.5. The van der Waals surface area contributed by atoms with E-state index in [1.54, 1.807) is 0 Å². The number of aromatic nitrogens is 2. The van der Waals surface area contributed by atoms with Gasteiger partial charge in [0.05, 0.1) is 24.2 Å². The Morgan fingerprint density at radius 1 is 1.19 bits per heavy atom. The van der Waals surface area contributed by atoms with Gasteiger partial charge in [-0.2, -0.15) is 13.2 Å². The summed E-state index contributed by atoms with van der Waals surface area (Å²) in [7, 11) is 0. The largest absolute Gasteiger partial charge is 0.492 e. The van der Waals surface area contributed by atoms with E-state index < -0.39 is 11.7 Å². The van der Waals surface area contributed by atoms with Gasteiger partial charge in [0.15, 0.2) is 4.96 Å². The fourth-order valence-corrected chi connectivity index (χ4v) is 4.04. The number of imidazole rings is 1. The van der Waals surface area contributed by atoms with E-state index in [0.717, 1.165) is 34.0 Å². The molecule has 2 aromatic heterocycles. The topological polar surface area (TPSA) is 55.6 Å². The van der Waals surface area contributed by atoms with Crippen molar-refractivity contribution in [2.75, 3.05) is 13.2 Å². The smallest absolute Gasteiger partial charge is 0.416 e. The van der Waals surface area contributed by atoms with Gasteiger partial charge < -0.3 is 10.1 Å². The Labute approximate surface area is 186 Å². The molecule has 0 aliphatic carbocycles. The van der Waals surface area contributed by atoms with Crippen LogP contribution in [0.1, 0.15) is 16.8 Å². The Balaban J connectivity index is 1.31. The van der Waals surface area contributed by atoms with Crippen LogP contribution < -0.4 is 10.1 Å². The standard InChI is InChI=1S/C23H20F3N3O2S/c1-15-5-7-16(8-6-15)20-13-29-18(14-32-22(29)28-20)12-21(30)27-9-10-31-19-4-2-3-17(11-19)23(24,25)26/h2-8,11,13-14H,9-10,12H2,1H3,(H,27,30). The minimum Gasteiger partial charge on any atom is -0.492 e. The molecule has 5 nitrogen and oxygen atoms in total. The van der Waals surface area contributed by atoms with Gasteiger partial charge in [-0.3, -0.25) is 9.20 Å². The van der Waals surface area contributed by atoms with Crippen LogP contribution in [0.4, 0.5) is 13.2 Å². The third-order valence-electron chi connectivity index (χ3n) is 4.83. The second-order valence-electron chi connectivity index (χ2n) is 7.27. The number of ether oxygens (including phenoxy) is 1. The van der Waals surface area contributed by atoms with Crippen LogP contribution in [0.3, 0.4) is 0 Å². The summed E-state index contributed by atoms with van der Waals surface area (Å²) in [5, 5.41) is 4.62. The lowest BCUT2D eigenvalue weighted by molar-refractivity contribution is -0.137. The van der Waals surface area contributed by atoms with E-state index in [9.17, 15) is 18.0 Å². The number of carbonyl (C=O) groups is 1. The first-order chi connectivity index (χ1) is 15.3. The summed E-state index contributed by atoms with van der Waals surface area (Å²) in [4.78, 5) is 17.7. The molecule has 0 aliphatic heterocycles. The van der Waals surface area contributed by atoms with Gasteiger partial charge in [0.1, 0.15) is 12.4 Å². The minimum atomic E-state index is -4.42. The van der Waals surface area contributed by atoms with Gasteiger partial charge >= 0.3 is 6.18 Å². The van der Waals surface area contributed by atoms with Gasteiger partial charge in [0.2, 0.25) is 5.91 Å². The number of carbonyl (C=O) groups excluding carboxylic acids is 1. The van der Waals surface area contributed by atoms with Gasteiger partial charge in [0.25, 0.3) is 0 Å². The van der Waals surface area contributed by atoms with Gasteiger partial charge in [0, 0.05) is 22.8 Å². The maximum atomic E-state index is 12.7. The van der Waals surface area contributed by atoms with Crippen LogP contribution >= 0.6 is 11.3 Å². The van der Waals surface area contributed by atoms with Crippen molar-refractivity contribution in [3.8, 4) is 17.0 Å². The Kier molecular flexibility index (Phi) is 6.18. The van der Waals surface area contributed by atoms with Crippen LogP contribution in [0.25, 0.3) is 16.2 Å². The lowest BCUT2D eigenvalue weighted by Crippen LogP contribution is -2.29. The molecule has 2 aromatic carbocycles. The SMILES string of the molecule is Cc1ccc(-c2cn3c(CC(=O)NCCOc4cccc(C(F)(F)F)c4)csc3n2)cc1. The maximum absolute atomic E-state index is 12.7. The average Bonchev–Trinajstić information content (AvgIpc) is 3.33. The number of nitrogens with one attached hydrogen (secondary N) is 1. The van der Waals surface area contributed by atoms with E-state index in [4.69, 9.17) is 4.74 Å². The number of nitrogens with zero attached hydrogens (tertiary/aromatic N) is 2. The fourth-order valence-electron chi connectivity index (χ4n) is 3.17. The fraction of sp³-hybridized carbons (Fsp3) is 0.217. The van der Waals surface area contributed by atoms with Crippen LogP contribution in [0, 0.1) is 6.92 Å². The summed E-state index contributed by atoms with van der Waals surface area (Å²) in [6.07, 6.45) is -2.35. The van der Waals surface area contributed by atoms with Crippen molar-refractivity contribution in [2.24, 2.45) is 0 Å². The first kappa shape index (κ1) is 21.9. The Morgan fingerprint density at radius 3 is 2.72 bits per heavy atom. The quantitative estimate of drug-likeness (QED) is 0.390. The molecule has 1 N–H and O–H groups in total. The van der Waals surface area contributed by atoms with Crippen LogP contribution in [-0.4, -0.2) is 28.4 Å². The van der Waals surface area contributed by atoms with Crippen LogP contribution in [0.5, 0.6) is 5.75 Å². The molecule has 4 aromatic rings. The highest BCUT2D eigenvalue weighted by Crippen LogP contribution is 2.31. The number of thiazole rings is 1. The van der Waals surface area contributed by atoms with E-state index in [1.807, 2.05) is 47.2 Å². The first-order valence-corrected chi connectivity index (χ1v) is 10.8. The maximum Gasteiger partial charge on any atom is 0.416 e. The molecule has 0 saturated carbocycles. The third-order valence-corrected chi connectivity index (χ3v) is 5.72. The second kappa shape index (κ2) is 9.04. The lowest BCUT2D eigenvalue weighted by atomic mass is 10.1. The zero-order chi connectivity index (χ0) is 22.7. The van der Waals surface area contributed by atoms with Crippen LogP contribution in [-0.2, 0) is 17.4 Å². The highest BCUT2D eigenvalue weighted by atomic mass is 32.1. The van der Waals surface area contributed by atoms with Gasteiger partial charge in [-0.25, -0.2) is 4.98 Å². The zero-order valence-corrected chi connectivity index (χ0v) is 18.0. The molecule has 2 heterocycles. The molecular weight excluding hydrogens is 439 g/mol. The summed E-state index contributed by atoms with van der Waals surface area (Å²) in [6, 6.07) is 12.7. The summed E-state index contributed by atoms with van der Waals surface area (Å²) in [6.45, 7) is 2.27. The van der Waals surface area contributed by atoms with Gasteiger partial charge in [-0.05, 0) is 25.1 Å². The third kappa shape index (κ3) is 5.11. The molecule has 9 heteroatoms. The monoisotopic (exact) mass is 459 g/mol. The molecule has 0 unspecified atom stereocenters. The lowest BCUT2D eigenvalue weighted by Gasteiger charge is -2.10. The number of halogens is 3. The van der Waals surface area contributed by atoms with Crippen molar-refractivity contribution < 1.29 is 22.7 Å². The molecule has 0 saturated heterocycles. The molecule has 0 radical (unpaired) electrons. The van der Waals surface area contributed by atoms with Crippen molar-refractivity contribution >= 4 is 22.2 Å². The van der Waals surface area contributed by atoms with Crippen LogP contribution in [0.2, 0.25) is 0 Å². The molecular formula is C23H20F3N3O2S. The van der Waals surface area contributed by atoms with E-state index in [0.29, 0.717) is 0 Å².